The number of rotatable bonds is 16. The van der Waals surface area contributed by atoms with Gasteiger partial charge >= 0.3 is 20.1 Å². The summed E-state index contributed by atoms with van der Waals surface area (Å²) in [6, 6.07) is 175. The van der Waals surface area contributed by atoms with Gasteiger partial charge in [-0.05, 0) is 252 Å². The number of Topliss-reactive ketones (excluding diaryl/α,β-unsaturated/α-hetero) is 2. The molecule has 0 atom stereocenters. The molecule has 0 fully saturated rings. The van der Waals surface area contributed by atoms with Gasteiger partial charge in [-0.1, -0.05) is 350 Å². The van der Waals surface area contributed by atoms with E-state index in [9.17, 15) is 9.59 Å². The fourth-order valence-electron chi connectivity index (χ4n) is 23.3. The molecule has 0 saturated heterocycles. The summed E-state index contributed by atoms with van der Waals surface area (Å²) in [4.78, 5) is 51.1. The van der Waals surface area contributed by atoms with Crippen LogP contribution in [0.25, 0.3) is 217 Å². The zero-order valence-corrected chi connectivity index (χ0v) is 82.9. The molecule has 0 aliphatic heterocycles. The molecule has 0 saturated carbocycles. The molecule has 0 spiro atoms. The average molecular weight is 2070 g/mol. The van der Waals surface area contributed by atoms with Crippen molar-refractivity contribution in [3.05, 3.63) is 486 Å². The van der Waals surface area contributed by atoms with Gasteiger partial charge in [-0.25, -0.2) is 0 Å². The van der Waals surface area contributed by atoms with Gasteiger partial charge in [-0.15, -0.1) is 47.2 Å². The van der Waals surface area contributed by atoms with E-state index in [2.05, 4.69) is 481 Å². The van der Waals surface area contributed by atoms with Gasteiger partial charge in [-0.3, -0.25) is 19.6 Å². The number of nitrogens with zero attached hydrogens (tertiary/aromatic N) is 8. The summed E-state index contributed by atoms with van der Waals surface area (Å²) in [5.41, 5.74) is 19.9. The second-order valence-corrected chi connectivity index (χ2v) is 38.4. The molecule has 10 nitrogen and oxygen atoms in total. The molecule has 694 valence electrons. The number of fused-ring (bicyclic) bond motifs is 12. The Labute approximate surface area is 865 Å². The number of ketones is 2. The van der Waals surface area contributed by atoms with Crippen molar-refractivity contribution in [1.82, 2.24) is 19.9 Å². The summed E-state index contributed by atoms with van der Waals surface area (Å²) >= 11 is 0. The largest absolute Gasteiger partial charge is 3.00 e. The number of benzene rings is 28. The van der Waals surface area contributed by atoms with Crippen LogP contribution in [-0.4, -0.2) is 31.5 Å². The molecule has 30 aromatic rings. The molecule has 28 aromatic carbocycles. The Bertz CT molecular complexity index is 9930. The molecule has 0 unspecified atom stereocenters. The van der Waals surface area contributed by atoms with Crippen molar-refractivity contribution in [3.8, 4) is 22.5 Å². The second kappa shape index (κ2) is 36.0. The van der Waals surface area contributed by atoms with Gasteiger partial charge in [0.1, 0.15) is 11.6 Å². The minimum atomic E-state index is -0.0625. The van der Waals surface area contributed by atoms with E-state index in [1.165, 1.54) is 143 Å². The summed E-state index contributed by atoms with van der Waals surface area (Å²) < 4.78 is 0. The van der Waals surface area contributed by atoms with Crippen LogP contribution in [0.5, 0.6) is 0 Å². The molecule has 0 aliphatic carbocycles. The molecule has 0 N–H and O–H groups in total. The van der Waals surface area contributed by atoms with E-state index in [0.717, 1.165) is 156 Å². The number of carbonyl (C=O) groups excluding carboxylic acids is 2. The molecule has 148 heavy (non-hydrogen) atoms. The van der Waals surface area contributed by atoms with E-state index in [-0.39, 0.29) is 38.1 Å². The van der Waals surface area contributed by atoms with Crippen molar-refractivity contribution in [2.24, 2.45) is 0 Å². The zero-order chi connectivity index (χ0) is 97.6. The minimum absolute atomic E-state index is 0. The van der Waals surface area contributed by atoms with Gasteiger partial charge in [0, 0.05) is 102 Å². The first-order valence-electron chi connectivity index (χ1n) is 49.9. The first-order chi connectivity index (χ1) is 72.6. The number of anilines is 12. The molecule has 0 amide bonds. The van der Waals surface area contributed by atoms with Crippen molar-refractivity contribution in [3.63, 3.8) is 0 Å². The van der Waals surface area contributed by atoms with Crippen LogP contribution >= 0.6 is 0 Å². The van der Waals surface area contributed by atoms with Gasteiger partial charge in [0.25, 0.3) is 0 Å². The van der Waals surface area contributed by atoms with Crippen molar-refractivity contribution in [2.75, 3.05) is 19.6 Å². The van der Waals surface area contributed by atoms with Crippen molar-refractivity contribution in [1.29, 1.82) is 0 Å². The summed E-state index contributed by atoms with van der Waals surface area (Å²) in [5.74, 6) is -0.125. The molecule has 2 heterocycles. The number of carbonyl (C=O) groups is 2. The van der Waals surface area contributed by atoms with Gasteiger partial charge < -0.3 is 29.6 Å². The third-order valence-electron chi connectivity index (χ3n) is 29.6. The average Bonchev–Trinajstić information content (AvgIpc) is 0.728. The zero-order valence-electron chi connectivity index (χ0n) is 80.5. The standard InChI is InChI=1S/2C66H39N4.C5H8O2.Ir/c2*1-4-14-41(15-5-1)58-40-67-65-52-34-32-50(69(48-22-6-2-7-23-48)59-36-46-20-10-16-42-28-30-44-18-12-26-54(59)63(44)61(42)46)38-56(52)57-39-51(33-35-53(57)66(65)68-58)70(49-24-8-3-9-25-49)60-37-47-21-11-17-43-29-31-45-19-13-27-55(60)64(45)62(43)47;1-4(6)3-5(2)7;/h2*1-33,35-40H;3H2,1-2H3;/q2*-1;;+3. The predicted molar refractivity (Wildman–Crippen MR) is 617 cm³/mol. The third kappa shape index (κ3) is 14.7. The van der Waals surface area contributed by atoms with E-state index < -0.39 is 0 Å². The van der Waals surface area contributed by atoms with Gasteiger partial charge in [0.2, 0.25) is 0 Å². The maximum absolute atomic E-state index is 10.0. The molecular formula is C137H86IrN8O2+. The number of aromatic nitrogens is 4. The van der Waals surface area contributed by atoms with Crippen LogP contribution in [0.4, 0.5) is 68.2 Å². The monoisotopic (exact) mass is 2070 g/mol. The Balaban J connectivity index is 0.000000136. The molecular weight excluding hydrogens is 1980 g/mol. The molecule has 0 bridgehead atoms. The maximum atomic E-state index is 10.0. The van der Waals surface area contributed by atoms with E-state index in [1.54, 1.807) is 0 Å². The van der Waals surface area contributed by atoms with E-state index in [1.807, 2.05) is 24.5 Å². The van der Waals surface area contributed by atoms with E-state index in [4.69, 9.17) is 19.9 Å². The normalized spacial score (nSPS) is 11.7. The molecule has 0 radical (unpaired) electrons. The quantitative estimate of drug-likeness (QED) is 0.0528. The van der Waals surface area contributed by atoms with Crippen LogP contribution in [0, 0.1) is 12.1 Å². The molecule has 11 heteroatoms. The Morgan fingerprint density at radius 3 is 0.743 bits per heavy atom. The van der Waals surface area contributed by atoms with Crippen LogP contribution in [0.15, 0.2) is 473 Å². The first kappa shape index (κ1) is 88.2. The van der Waals surface area contributed by atoms with Crippen molar-refractivity contribution < 1.29 is 29.7 Å². The van der Waals surface area contributed by atoms with Crippen molar-refractivity contribution >= 4 is 274 Å². The summed E-state index contributed by atoms with van der Waals surface area (Å²) in [6.07, 6.45) is 3.90. The fraction of sp³-hybridized carbons (Fsp3) is 0.0219. The molecule has 2 aromatic heterocycles. The van der Waals surface area contributed by atoms with Crippen LogP contribution < -0.4 is 19.6 Å². The summed E-state index contributed by atoms with van der Waals surface area (Å²) in [7, 11) is 0. The number of hydrogen-bond acceptors (Lipinski definition) is 10. The van der Waals surface area contributed by atoms with Gasteiger partial charge in [-0.2, -0.15) is 0 Å². The molecule has 0 aliphatic rings. The third-order valence-corrected chi connectivity index (χ3v) is 29.6. The number of para-hydroxylation sites is 4. The SMILES string of the molecule is CC(=O)CC(C)=O.[Ir+3].[c-]1cc(N(c2ccccc2)c2cc3cccc4ccc5cccc2c5c43)cc2c1c1ncc(-c3ccccc3)nc1c1ccc(N(c3ccccc3)c3cc4cccc5ccc6cccc3c6c54)cc21.[c-]1cc(N(c2ccccc2)c2cc3cccc4ccc5cccc2c5c43)cc2c1c1ncc(-c3ccccc3)nc1c1ccc(N(c3ccccc3)c3cc4cccc5ccc6cccc3c6c54)cc21. The predicted octanol–water partition coefficient (Wildman–Crippen LogP) is 36.8. The maximum Gasteiger partial charge on any atom is 3.00 e. The van der Waals surface area contributed by atoms with Crippen LogP contribution in [0.3, 0.4) is 0 Å². The van der Waals surface area contributed by atoms with Gasteiger partial charge in [0.05, 0.1) is 40.2 Å². The Kier molecular flexibility index (Phi) is 21.4. The van der Waals surface area contributed by atoms with Crippen LogP contribution in [0.2, 0.25) is 0 Å². The van der Waals surface area contributed by atoms with E-state index >= 15 is 0 Å². The number of hydrogen-bond donors (Lipinski definition) is 0. The first-order valence-corrected chi connectivity index (χ1v) is 49.9. The summed E-state index contributed by atoms with van der Waals surface area (Å²) in [5, 5.41) is 38.0. The Morgan fingerprint density at radius 1 is 0.216 bits per heavy atom. The fourth-order valence-corrected chi connectivity index (χ4v) is 23.3. The second-order valence-electron chi connectivity index (χ2n) is 38.4. The van der Waals surface area contributed by atoms with E-state index in [0.29, 0.717) is 0 Å². The Morgan fingerprint density at radius 2 is 0.466 bits per heavy atom. The smallest absolute Gasteiger partial charge is 0.351 e. The topological polar surface area (TPSA) is 98.7 Å². The summed E-state index contributed by atoms with van der Waals surface area (Å²) in [6.45, 7) is 2.81. The van der Waals surface area contributed by atoms with Gasteiger partial charge in [0.15, 0.2) is 0 Å². The van der Waals surface area contributed by atoms with Crippen molar-refractivity contribution in [2.45, 2.75) is 20.3 Å². The Hall–Kier alpha value is -18.8. The minimum Gasteiger partial charge on any atom is -0.351 e. The van der Waals surface area contributed by atoms with Crippen LogP contribution in [-0.2, 0) is 29.7 Å². The molecule has 30 rings (SSSR count). The van der Waals surface area contributed by atoms with Crippen LogP contribution in [0.1, 0.15) is 20.3 Å².